The molecule has 3 fully saturated rings. The average molecular weight is 579 g/mol. The Morgan fingerprint density at radius 1 is 1.18 bits per heavy atom. The lowest BCUT2D eigenvalue weighted by Crippen LogP contribution is -2.50. The number of amides is 2. The van der Waals surface area contributed by atoms with Crippen molar-refractivity contribution in [1.82, 2.24) is 29.5 Å². The van der Waals surface area contributed by atoms with Crippen LogP contribution >= 0.6 is 11.3 Å². The summed E-state index contributed by atoms with van der Waals surface area (Å²) in [5.41, 5.74) is 0.373. The van der Waals surface area contributed by atoms with Crippen LogP contribution < -0.4 is 5.32 Å². The van der Waals surface area contributed by atoms with Crippen molar-refractivity contribution < 1.29 is 23.1 Å². The Morgan fingerprint density at radius 3 is 2.56 bits per heavy atom. The fourth-order valence-corrected chi connectivity index (χ4v) is 8.41. The number of carbonyl (C=O) groups is 2. The number of hydrogen-bond donors (Lipinski definition) is 2. The predicted molar refractivity (Wildman–Crippen MR) is 145 cm³/mol. The first-order valence-electron chi connectivity index (χ1n) is 13.7. The summed E-state index contributed by atoms with van der Waals surface area (Å²) >= 11 is 1.15. The number of likely N-dealkylation sites (tertiary alicyclic amines) is 1. The Bertz CT molecular complexity index is 1310. The van der Waals surface area contributed by atoms with Crippen molar-refractivity contribution in [2.75, 3.05) is 19.6 Å². The molecule has 0 unspecified atom stereocenters. The molecule has 5 rings (SSSR count). The van der Waals surface area contributed by atoms with Gasteiger partial charge in [0.15, 0.2) is 0 Å². The van der Waals surface area contributed by atoms with E-state index < -0.39 is 33.6 Å². The molecule has 214 valence electrons. The van der Waals surface area contributed by atoms with Crippen molar-refractivity contribution in [3.05, 3.63) is 28.9 Å². The lowest BCUT2D eigenvalue weighted by molar-refractivity contribution is -0.144. The number of hydrogen-bond acceptors (Lipinski definition) is 8. The molecule has 2 saturated heterocycles. The number of rotatable bonds is 8. The molecule has 1 aliphatic carbocycles. The van der Waals surface area contributed by atoms with Gasteiger partial charge in [0.2, 0.25) is 11.8 Å². The fourth-order valence-electron chi connectivity index (χ4n) is 5.44. The van der Waals surface area contributed by atoms with Gasteiger partial charge in [-0.05, 0) is 43.2 Å². The normalized spacial score (nSPS) is 23.6. The van der Waals surface area contributed by atoms with Crippen LogP contribution in [0.15, 0.2) is 22.5 Å². The smallest absolute Gasteiger partial charge is 0.252 e. The second kappa shape index (κ2) is 10.9. The van der Waals surface area contributed by atoms with Crippen LogP contribution in [0.25, 0.3) is 0 Å². The number of thiophene rings is 1. The third-order valence-electron chi connectivity index (χ3n) is 7.69. The van der Waals surface area contributed by atoms with Crippen LogP contribution in [-0.4, -0.2) is 81.3 Å². The van der Waals surface area contributed by atoms with Crippen LogP contribution in [0.5, 0.6) is 0 Å². The molecule has 0 bridgehead atoms. The third kappa shape index (κ3) is 6.06. The quantitative estimate of drug-likeness (QED) is 0.490. The van der Waals surface area contributed by atoms with E-state index in [0.717, 1.165) is 49.1 Å². The first kappa shape index (κ1) is 28.2. The first-order valence-corrected chi connectivity index (χ1v) is 16.0. The average Bonchev–Trinajstić information content (AvgIpc) is 3.26. The van der Waals surface area contributed by atoms with Gasteiger partial charge in [-0.25, -0.2) is 13.1 Å². The number of piperidine rings is 1. The van der Waals surface area contributed by atoms with Gasteiger partial charge < -0.3 is 15.3 Å². The van der Waals surface area contributed by atoms with E-state index in [4.69, 9.17) is 0 Å². The molecule has 2 aliphatic heterocycles. The van der Waals surface area contributed by atoms with Crippen molar-refractivity contribution in [3.8, 4) is 0 Å². The highest BCUT2D eigenvalue weighted by atomic mass is 32.2. The highest BCUT2D eigenvalue weighted by Gasteiger charge is 2.45. The van der Waals surface area contributed by atoms with Crippen LogP contribution in [0.4, 0.5) is 0 Å². The largest absolute Gasteiger partial charge is 0.391 e. The summed E-state index contributed by atoms with van der Waals surface area (Å²) in [7, 11) is -3.53. The summed E-state index contributed by atoms with van der Waals surface area (Å²) < 4.78 is 29.3. The maximum atomic E-state index is 13.9. The minimum absolute atomic E-state index is 0.0604. The molecular weight excluding hydrogens is 540 g/mol. The zero-order valence-corrected chi connectivity index (χ0v) is 24.4. The molecule has 0 aromatic carbocycles. The number of β-amino-alcohol motifs (C(OH)–C–C–N with tert-alkyl or cyclic N) is 1. The van der Waals surface area contributed by atoms with Gasteiger partial charge in [-0.1, -0.05) is 32.4 Å². The summed E-state index contributed by atoms with van der Waals surface area (Å²) in [5, 5.41) is 21.8. The van der Waals surface area contributed by atoms with Gasteiger partial charge in [0.1, 0.15) is 16.3 Å². The van der Waals surface area contributed by atoms with Gasteiger partial charge in [-0.3, -0.25) is 9.59 Å². The number of carbonyl (C=O) groups excluding carboxylic acids is 2. The predicted octanol–water partition coefficient (Wildman–Crippen LogP) is 2.26. The second-order valence-corrected chi connectivity index (χ2v) is 15.3. The van der Waals surface area contributed by atoms with Crippen molar-refractivity contribution >= 4 is 33.2 Å². The Morgan fingerprint density at radius 2 is 1.90 bits per heavy atom. The molecule has 39 heavy (non-hydrogen) atoms. The summed E-state index contributed by atoms with van der Waals surface area (Å²) in [6.45, 7) is 7.11. The lowest BCUT2D eigenvalue weighted by atomic mass is 9.85. The van der Waals surface area contributed by atoms with Gasteiger partial charge in [0, 0.05) is 43.0 Å². The molecule has 2 N–H and O–H groups in total. The molecule has 0 spiro atoms. The number of aromatic nitrogens is 3. The zero-order chi connectivity index (χ0) is 27.9. The van der Waals surface area contributed by atoms with E-state index in [9.17, 15) is 23.1 Å². The molecule has 3 atom stereocenters. The topological polar surface area (TPSA) is 138 Å². The third-order valence-corrected chi connectivity index (χ3v) is 11.1. The summed E-state index contributed by atoms with van der Waals surface area (Å²) in [4.78, 5) is 29.3. The first-order chi connectivity index (χ1) is 18.4. The molecule has 11 nitrogen and oxygen atoms in total. The molecule has 3 aliphatic rings. The molecule has 0 radical (unpaired) electrons. The van der Waals surface area contributed by atoms with Crippen LogP contribution in [0.1, 0.15) is 81.8 Å². The molecular formula is C26H38N6O5S2. The molecule has 1 saturated carbocycles. The van der Waals surface area contributed by atoms with Crippen LogP contribution in [0, 0.1) is 5.41 Å². The number of aliphatic hydroxyl groups is 1. The maximum absolute atomic E-state index is 13.9. The molecule has 2 aromatic heterocycles. The van der Waals surface area contributed by atoms with E-state index in [1.165, 1.54) is 9.21 Å². The van der Waals surface area contributed by atoms with Gasteiger partial charge in [-0.15, -0.1) is 16.4 Å². The van der Waals surface area contributed by atoms with Crippen molar-refractivity contribution in [2.24, 2.45) is 5.41 Å². The SMILES string of the molecule is CC(C)(C)[C@@H](C(=O)N1C[C@H](O)C[C@H]1C(=O)NCc1ccc(S(=O)(=O)N2CCCCC2)s1)n1cc(C2CC2)nn1. The second-order valence-electron chi connectivity index (χ2n) is 12.0. The Hall–Kier alpha value is -2.35. The van der Waals surface area contributed by atoms with Crippen molar-refractivity contribution in [2.45, 2.75) is 94.2 Å². The van der Waals surface area contributed by atoms with E-state index in [2.05, 4.69) is 15.6 Å². The van der Waals surface area contributed by atoms with E-state index in [0.29, 0.717) is 23.9 Å². The highest BCUT2D eigenvalue weighted by molar-refractivity contribution is 7.91. The number of aliphatic hydroxyl groups excluding tert-OH is 1. The Labute approximate surface area is 233 Å². The zero-order valence-electron chi connectivity index (χ0n) is 22.7. The maximum Gasteiger partial charge on any atom is 0.252 e. The molecule has 2 aromatic rings. The fraction of sp³-hybridized carbons (Fsp3) is 0.692. The Kier molecular flexibility index (Phi) is 7.88. The van der Waals surface area contributed by atoms with Crippen molar-refractivity contribution in [1.29, 1.82) is 0 Å². The highest BCUT2D eigenvalue weighted by Crippen LogP contribution is 2.40. The summed E-state index contributed by atoms with van der Waals surface area (Å²) in [6, 6.07) is 1.79. The lowest BCUT2D eigenvalue weighted by Gasteiger charge is -2.34. The van der Waals surface area contributed by atoms with Crippen LogP contribution in [0.3, 0.4) is 0 Å². The van der Waals surface area contributed by atoms with E-state index in [1.54, 1.807) is 16.8 Å². The van der Waals surface area contributed by atoms with Crippen LogP contribution in [-0.2, 0) is 26.2 Å². The van der Waals surface area contributed by atoms with Gasteiger partial charge in [-0.2, -0.15) is 4.31 Å². The Balaban J connectivity index is 1.26. The number of nitrogens with one attached hydrogen (secondary N) is 1. The van der Waals surface area contributed by atoms with E-state index in [-0.39, 0.29) is 35.5 Å². The minimum atomic E-state index is -3.53. The minimum Gasteiger partial charge on any atom is -0.391 e. The monoisotopic (exact) mass is 578 g/mol. The molecule has 2 amide bonds. The number of nitrogens with zero attached hydrogens (tertiary/aromatic N) is 5. The summed E-state index contributed by atoms with van der Waals surface area (Å²) in [5.74, 6) is -0.259. The van der Waals surface area contributed by atoms with E-state index in [1.807, 2.05) is 27.0 Å². The molecule has 4 heterocycles. The molecule has 13 heteroatoms. The van der Waals surface area contributed by atoms with E-state index >= 15 is 0 Å². The van der Waals surface area contributed by atoms with Gasteiger partial charge in [0.25, 0.3) is 10.0 Å². The van der Waals surface area contributed by atoms with Gasteiger partial charge >= 0.3 is 0 Å². The van der Waals surface area contributed by atoms with Crippen molar-refractivity contribution in [3.63, 3.8) is 0 Å². The standard InChI is InChI=1S/C26H38N6O5S2/c1-26(2,3)23(32-16-20(28-29-32)17-7-8-17)25(35)31-15-18(33)13-21(31)24(34)27-14-19-9-10-22(38-19)39(36,37)30-11-5-4-6-12-30/h9-10,16-18,21,23,33H,4-8,11-15H2,1-3H3,(H,27,34)/t18-,21+,23-/m1/s1. The van der Waals surface area contributed by atoms with Gasteiger partial charge in [0.05, 0.1) is 18.3 Å². The number of sulfonamides is 1. The van der Waals surface area contributed by atoms with Crippen LogP contribution in [0.2, 0.25) is 0 Å². The summed E-state index contributed by atoms with van der Waals surface area (Å²) in [6.07, 6.45) is 6.07.